The minimum Gasteiger partial charge on any atom is -1.00 e. The average molecular weight is 251 g/mol. The number of carbonyl (C=O) groups excluding carboxylic acids is 2. The van der Waals surface area contributed by atoms with Crippen LogP contribution in [0.3, 0.4) is 0 Å². The van der Waals surface area contributed by atoms with Crippen molar-refractivity contribution in [2.24, 2.45) is 5.73 Å². The molecule has 7 heteroatoms. The zero-order chi connectivity index (χ0) is 11.4. The summed E-state index contributed by atoms with van der Waals surface area (Å²) >= 11 is 3.65. The maximum absolute atomic E-state index is 11.3. The number of para-hydroxylation sites is 1. The standard InChI is InChI=1S/C9H9NO4S.Na.H/c10-7(12)9(15)14-8(13)5-3-1-2-4-6(5)11;;/h1-4,9,11,15H,(H2,10,12);;/q;+1;-1. The van der Waals surface area contributed by atoms with Crippen LogP contribution in [0.15, 0.2) is 24.3 Å². The van der Waals surface area contributed by atoms with Crippen LogP contribution in [-0.2, 0) is 9.53 Å². The van der Waals surface area contributed by atoms with Crippen LogP contribution in [0.2, 0.25) is 0 Å². The molecule has 1 aromatic rings. The SMILES string of the molecule is NC(=O)C(S)OC(=O)c1ccccc1O.[H-].[Na+]. The summed E-state index contributed by atoms with van der Waals surface area (Å²) in [6.07, 6.45) is 0. The number of rotatable bonds is 3. The van der Waals surface area contributed by atoms with Crippen LogP contribution in [0.5, 0.6) is 5.75 Å². The fourth-order valence-corrected chi connectivity index (χ4v) is 0.965. The quantitative estimate of drug-likeness (QED) is 0.238. The maximum Gasteiger partial charge on any atom is 1.00 e. The van der Waals surface area contributed by atoms with E-state index < -0.39 is 17.3 Å². The Hall–Kier alpha value is -0.690. The number of carbonyl (C=O) groups is 2. The Labute approximate surface area is 121 Å². The summed E-state index contributed by atoms with van der Waals surface area (Å²) in [5.74, 6) is -1.96. The van der Waals surface area contributed by atoms with Crippen LogP contribution in [0.25, 0.3) is 0 Å². The number of hydrogen-bond donors (Lipinski definition) is 3. The number of amides is 1. The zero-order valence-electron chi connectivity index (χ0n) is 9.58. The first-order valence-corrected chi connectivity index (χ1v) is 4.50. The number of ether oxygens (including phenoxy) is 1. The van der Waals surface area contributed by atoms with Gasteiger partial charge in [-0.15, -0.1) is 12.6 Å². The molecule has 1 atom stereocenters. The zero-order valence-corrected chi connectivity index (χ0v) is 11.5. The summed E-state index contributed by atoms with van der Waals surface area (Å²) in [5, 5.41) is 9.29. The van der Waals surface area contributed by atoms with Gasteiger partial charge in [-0.1, -0.05) is 12.1 Å². The molecule has 3 N–H and O–H groups in total. The molecule has 0 aliphatic heterocycles. The van der Waals surface area contributed by atoms with Gasteiger partial charge in [0, 0.05) is 0 Å². The van der Waals surface area contributed by atoms with E-state index in [0.717, 1.165) is 0 Å². The molecular formula is C9H10NNaO4S. The van der Waals surface area contributed by atoms with E-state index in [2.05, 4.69) is 17.4 Å². The molecule has 0 heterocycles. The van der Waals surface area contributed by atoms with Crippen LogP contribution in [-0.4, -0.2) is 22.4 Å². The molecule has 82 valence electrons. The van der Waals surface area contributed by atoms with Crippen molar-refractivity contribution in [3.8, 4) is 5.75 Å². The van der Waals surface area contributed by atoms with Crippen molar-refractivity contribution in [1.29, 1.82) is 0 Å². The van der Waals surface area contributed by atoms with E-state index in [4.69, 9.17) is 5.73 Å². The van der Waals surface area contributed by atoms with Crippen LogP contribution < -0.4 is 35.3 Å². The van der Waals surface area contributed by atoms with Crippen molar-refractivity contribution in [3.63, 3.8) is 0 Å². The molecule has 1 unspecified atom stereocenters. The van der Waals surface area contributed by atoms with Crippen molar-refractivity contribution < 1.29 is 50.4 Å². The van der Waals surface area contributed by atoms with Gasteiger partial charge in [0.05, 0.1) is 0 Å². The smallest absolute Gasteiger partial charge is 1.00 e. The van der Waals surface area contributed by atoms with Gasteiger partial charge < -0.3 is 17.0 Å². The van der Waals surface area contributed by atoms with Gasteiger partial charge in [-0.05, 0) is 12.1 Å². The van der Waals surface area contributed by atoms with E-state index in [-0.39, 0.29) is 42.3 Å². The van der Waals surface area contributed by atoms with Gasteiger partial charge in [0.2, 0.25) is 5.44 Å². The Morgan fingerprint density at radius 1 is 1.44 bits per heavy atom. The van der Waals surface area contributed by atoms with E-state index in [1.165, 1.54) is 12.1 Å². The first-order chi connectivity index (χ1) is 7.02. The van der Waals surface area contributed by atoms with E-state index in [0.29, 0.717) is 0 Å². The normalized spacial score (nSPS) is 11.1. The molecule has 0 spiro atoms. The maximum atomic E-state index is 11.3. The fourth-order valence-electron chi connectivity index (χ4n) is 0.869. The summed E-state index contributed by atoms with van der Waals surface area (Å²) < 4.78 is 4.57. The molecule has 0 aromatic heterocycles. The summed E-state index contributed by atoms with van der Waals surface area (Å²) in [6.45, 7) is 0. The molecule has 16 heavy (non-hydrogen) atoms. The van der Waals surface area contributed by atoms with E-state index >= 15 is 0 Å². The van der Waals surface area contributed by atoms with Gasteiger partial charge in [0.25, 0.3) is 5.91 Å². The predicted molar refractivity (Wildman–Crippen MR) is 56.6 cm³/mol. The molecule has 0 saturated heterocycles. The van der Waals surface area contributed by atoms with Gasteiger partial charge >= 0.3 is 35.5 Å². The van der Waals surface area contributed by atoms with Crippen LogP contribution in [0.4, 0.5) is 0 Å². The van der Waals surface area contributed by atoms with Crippen molar-refractivity contribution in [1.82, 2.24) is 0 Å². The minimum atomic E-state index is -1.32. The summed E-state index contributed by atoms with van der Waals surface area (Å²) in [7, 11) is 0. The molecular weight excluding hydrogens is 241 g/mol. The van der Waals surface area contributed by atoms with E-state index in [1.54, 1.807) is 12.1 Å². The van der Waals surface area contributed by atoms with Gasteiger partial charge in [-0.2, -0.15) is 0 Å². The number of aromatic hydroxyl groups is 1. The van der Waals surface area contributed by atoms with Crippen molar-refractivity contribution in [2.45, 2.75) is 5.44 Å². The summed E-state index contributed by atoms with van der Waals surface area (Å²) in [5.41, 5.74) is 3.48. The number of hydrogen-bond acceptors (Lipinski definition) is 5. The Kier molecular flexibility index (Phi) is 6.51. The molecule has 1 aromatic carbocycles. The van der Waals surface area contributed by atoms with E-state index in [1.807, 2.05) is 0 Å². The van der Waals surface area contributed by atoms with Gasteiger partial charge in [0.15, 0.2) is 0 Å². The second-order valence-corrected chi connectivity index (χ2v) is 3.15. The average Bonchev–Trinajstić information content (AvgIpc) is 2.18. The Morgan fingerprint density at radius 3 is 2.50 bits per heavy atom. The van der Waals surface area contributed by atoms with Crippen LogP contribution in [0.1, 0.15) is 11.8 Å². The van der Waals surface area contributed by atoms with Gasteiger partial charge in [-0.25, -0.2) is 4.79 Å². The third kappa shape index (κ3) is 4.05. The number of nitrogens with two attached hydrogens (primary N) is 1. The second kappa shape index (κ2) is 6.80. The topological polar surface area (TPSA) is 89.6 Å². The fraction of sp³-hybridized carbons (Fsp3) is 0.111. The summed E-state index contributed by atoms with van der Waals surface area (Å²) in [4.78, 5) is 21.9. The third-order valence-corrected chi connectivity index (χ3v) is 1.95. The number of esters is 1. The number of benzene rings is 1. The molecule has 0 radical (unpaired) electrons. The minimum absolute atomic E-state index is 0. The van der Waals surface area contributed by atoms with Crippen molar-refractivity contribution in [3.05, 3.63) is 29.8 Å². The van der Waals surface area contributed by atoms with Gasteiger partial charge in [-0.3, -0.25) is 4.79 Å². The Balaban J connectivity index is 0. The second-order valence-electron chi connectivity index (χ2n) is 2.68. The molecule has 0 aliphatic rings. The molecule has 0 aliphatic carbocycles. The largest absolute Gasteiger partial charge is 1.00 e. The molecule has 0 bridgehead atoms. The molecule has 1 rings (SSSR count). The number of phenolic OH excluding ortho intramolecular Hbond substituents is 1. The van der Waals surface area contributed by atoms with Crippen LogP contribution >= 0.6 is 12.6 Å². The van der Waals surface area contributed by atoms with Crippen molar-refractivity contribution in [2.75, 3.05) is 0 Å². The van der Waals surface area contributed by atoms with Crippen molar-refractivity contribution >= 4 is 24.5 Å². The van der Waals surface area contributed by atoms with Gasteiger partial charge in [0.1, 0.15) is 11.3 Å². The summed E-state index contributed by atoms with van der Waals surface area (Å²) in [6, 6.07) is 5.79. The molecule has 1 amide bonds. The monoisotopic (exact) mass is 251 g/mol. The number of thiol groups is 1. The molecule has 0 saturated carbocycles. The van der Waals surface area contributed by atoms with E-state index in [9.17, 15) is 14.7 Å². The Bertz CT molecular complexity index is 404. The predicted octanol–water partition coefficient (Wildman–Crippen LogP) is -2.59. The first kappa shape index (κ1) is 15.3. The third-order valence-electron chi connectivity index (χ3n) is 1.59. The molecule has 5 nitrogen and oxygen atoms in total. The number of phenols is 1. The first-order valence-electron chi connectivity index (χ1n) is 3.98. The Morgan fingerprint density at radius 2 is 2.00 bits per heavy atom. The van der Waals surface area contributed by atoms with Crippen LogP contribution in [0, 0.1) is 0 Å². The number of primary amides is 1. The molecule has 0 fully saturated rings.